The maximum atomic E-state index is 14.2. The normalized spacial score (nSPS) is 17.1. The summed E-state index contributed by atoms with van der Waals surface area (Å²) in [5.41, 5.74) is 5.70. The molecule has 0 aromatic heterocycles. The highest BCUT2D eigenvalue weighted by atomic mass is 32.2. The third-order valence-electron chi connectivity index (χ3n) is 14.9. The molecule has 0 radical (unpaired) electrons. The molecule has 0 bridgehead atoms. The molecule has 0 unspecified atom stereocenters. The maximum Gasteiger partial charge on any atom is 0.326 e. The minimum absolute atomic E-state index is 0.000555. The fraction of sp³-hybridized carbons (Fsp3) is 0.288. The van der Waals surface area contributed by atoms with Crippen LogP contribution in [0.1, 0.15) is 76.8 Å². The second kappa shape index (κ2) is 24.2. The Kier molecular flexibility index (Phi) is 16.8. The number of carbonyl (C=O) groups is 6. The van der Waals surface area contributed by atoms with Gasteiger partial charge in [-0.2, -0.15) is 25.3 Å². The van der Waals surface area contributed by atoms with E-state index in [1.165, 1.54) is 30.3 Å². The summed E-state index contributed by atoms with van der Waals surface area (Å²) in [7, 11) is -13.2. The molecule has 10 rings (SSSR count). The Morgan fingerprint density at radius 2 is 0.881 bits per heavy atom. The lowest BCUT2D eigenvalue weighted by atomic mass is 9.95. The van der Waals surface area contributed by atoms with Crippen LogP contribution >= 0.6 is 0 Å². The summed E-state index contributed by atoms with van der Waals surface area (Å²) in [6.07, 6.45) is 2.37. The number of esters is 1. The summed E-state index contributed by atoms with van der Waals surface area (Å²) in [5, 5.41) is 2.80. The van der Waals surface area contributed by atoms with Gasteiger partial charge in [-0.1, -0.05) is 97.9 Å². The monoisotopic (exact) mass is 1200 g/mol. The van der Waals surface area contributed by atoms with Gasteiger partial charge in [-0.05, 0) is 131 Å². The molecule has 0 saturated carbocycles. The van der Waals surface area contributed by atoms with Crippen LogP contribution in [-0.4, -0.2) is 105 Å². The van der Waals surface area contributed by atoms with Gasteiger partial charge in [0.1, 0.15) is 19.6 Å². The number of nitrogens with one attached hydrogen (secondary N) is 4. The number of ether oxygens (including phenoxy) is 2. The molecule has 6 aromatic carbocycles. The van der Waals surface area contributed by atoms with E-state index in [9.17, 15) is 54.0 Å². The highest BCUT2D eigenvalue weighted by Crippen LogP contribution is 2.42. The average Bonchev–Trinajstić information content (AvgIpc) is 3.18. The third-order valence-corrected chi connectivity index (χ3v) is 19.0. The zero-order valence-electron chi connectivity index (χ0n) is 45.8. The molecular formula is C59H60N8O14S3. The van der Waals surface area contributed by atoms with E-state index in [-0.39, 0.29) is 84.6 Å². The largest absolute Gasteiger partial charge is 0.453 e. The Labute approximate surface area is 486 Å². The lowest BCUT2D eigenvalue weighted by molar-refractivity contribution is -0.134. The number of rotatable bonds is 19. The van der Waals surface area contributed by atoms with Gasteiger partial charge in [-0.15, -0.1) is 0 Å². The van der Waals surface area contributed by atoms with Crippen molar-refractivity contribution < 1.29 is 63.5 Å². The summed E-state index contributed by atoms with van der Waals surface area (Å²) >= 11 is 0. The van der Waals surface area contributed by atoms with Gasteiger partial charge in [0.2, 0.25) is 11.8 Å². The number of benzene rings is 6. The molecule has 5 amide bonds. The Hall–Kier alpha value is -8.81. The van der Waals surface area contributed by atoms with Crippen molar-refractivity contribution in [3.05, 3.63) is 177 Å². The number of piperidine rings is 1. The Balaban J connectivity index is 0.960. The SMILES string of the molecule is CCNC(=O)Cc1ccccc1Cc1ccc(N2CC(=O)NS2(=O)=O)c(OC(=O)Cc2ccccc2Cc2ccc(N3CC(=O)NS3(=O)=O)c(Oc3cc(Cc4ccccc4CC(=O)N4CCC(C)CC4)ccc3N3CC(=O)NS3(=O)=O)c2)c1. The van der Waals surface area contributed by atoms with Crippen molar-refractivity contribution in [1.82, 2.24) is 24.4 Å². The molecule has 0 spiro atoms. The summed E-state index contributed by atoms with van der Waals surface area (Å²) in [5.74, 6) is -3.23. The van der Waals surface area contributed by atoms with Crippen molar-refractivity contribution in [3.63, 3.8) is 0 Å². The smallest absolute Gasteiger partial charge is 0.326 e. The number of hydrogen-bond donors (Lipinski definition) is 4. The molecule has 4 aliphatic heterocycles. The minimum Gasteiger partial charge on any atom is -0.453 e. The molecule has 4 aliphatic rings. The molecular weight excluding hydrogens is 1140 g/mol. The van der Waals surface area contributed by atoms with Crippen molar-refractivity contribution in [3.8, 4) is 17.2 Å². The summed E-state index contributed by atoms with van der Waals surface area (Å²) in [4.78, 5) is 80.0. The van der Waals surface area contributed by atoms with Gasteiger partial charge in [0.15, 0.2) is 17.2 Å². The molecule has 4 heterocycles. The van der Waals surface area contributed by atoms with Crippen molar-refractivity contribution in [2.45, 2.75) is 65.2 Å². The molecule has 25 heteroatoms. The van der Waals surface area contributed by atoms with Crippen LogP contribution in [0, 0.1) is 5.92 Å². The topological polar surface area (TPSA) is 284 Å². The van der Waals surface area contributed by atoms with Crippen LogP contribution in [0.2, 0.25) is 0 Å². The van der Waals surface area contributed by atoms with Crippen LogP contribution in [-0.2, 0) is 97.9 Å². The Morgan fingerprint density at radius 1 is 0.512 bits per heavy atom. The van der Waals surface area contributed by atoms with Crippen LogP contribution in [0.3, 0.4) is 0 Å². The molecule has 4 N–H and O–H groups in total. The first-order valence-corrected chi connectivity index (χ1v) is 31.5. The van der Waals surface area contributed by atoms with E-state index in [0.717, 1.165) is 48.0 Å². The number of amides is 5. The molecule has 0 atom stereocenters. The molecule has 0 aliphatic carbocycles. The summed E-state index contributed by atoms with van der Waals surface area (Å²) in [6, 6.07) is 35.5. The molecule has 4 saturated heterocycles. The lowest BCUT2D eigenvalue weighted by Crippen LogP contribution is -2.38. The van der Waals surface area contributed by atoms with Gasteiger partial charge < -0.3 is 19.7 Å². The van der Waals surface area contributed by atoms with E-state index in [0.29, 0.717) is 53.4 Å². The average molecular weight is 1200 g/mol. The number of hydrogen-bond acceptors (Lipinski definition) is 14. The minimum atomic E-state index is -4.45. The number of likely N-dealkylation sites (N-methyl/N-ethyl adjacent to an activating group) is 1. The van der Waals surface area contributed by atoms with E-state index in [2.05, 4.69) is 12.2 Å². The predicted molar refractivity (Wildman–Crippen MR) is 311 cm³/mol. The quantitative estimate of drug-likeness (QED) is 0.0646. The van der Waals surface area contributed by atoms with Gasteiger partial charge in [0, 0.05) is 19.6 Å². The van der Waals surface area contributed by atoms with Gasteiger partial charge in [-0.3, -0.25) is 28.8 Å². The zero-order chi connectivity index (χ0) is 59.5. The number of carbonyl (C=O) groups excluding carboxylic acids is 6. The van der Waals surface area contributed by atoms with Crippen molar-refractivity contribution in [1.29, 1.82) is 0 Å². The predicted octanol–water partition coefficient (Wildman–Crippen LogP) is 4.42. The van der Waals surface area contributed by atoms with Crippen molar-refractivity contribution >= 4 is 83.2 Å². The van der Waals surface area contributed by atoms with Crippen molar-refractivity contribution in [2.24, 2.45) is 5.92 Å². The molecule has 22 nitrogen and oxygen atoms in total. The number of anilines is 3. The molecule has 84 heavy (non-hydrogen) atoms. The van der Waals surface area contributed by atoms with Crippen LogP contribution in [0.15, 0.2) is 127 Å². The van der Waals surface area contributed by atoms with Gasteiger partial charge in [-0.25, -0.2) is 27.1 Å². The van der Waals surface area contributed by atoms with Crippen LogP contribution in [0.25, 0.3) is 0 Å². The first-order chi connectivity index (χ1) is 40.1. The van der Waals surface area contributed by atoms with E-state index >= 15 is 0 Å². The van der Waals surface area contributed by atoms with Gasteiger partial charge in [0.05, 0.1) is 36.3 Å². The third kappa shape index (κ3) is 13.3. The molecule has 4 fully saturated rings. The highest BCUT2D eigenvalue weighted by molar-refractivity contribution is 7.92. The molecule has 438 valence electrons. The van der Waals surface area contributed by atoms with E-state index in [1.807, 2.05) is 74.5 Å². The fourth-order valence-corrected chi connectivity index (χ4v) is 14.1. The number of nitrogens with zero attached hydrogens (tertiary/aromatic N) is 4. The Bertz CT molecular complexity index is 3980. The second-order valence-corrected chi connectivity index (χ2v) is 25.8. The van der Waals surface area contributed by atoms with E-state index in [1.54, 1.807) is 48.5 Å². The molecule has 6 aromatic rings. The lowest BCUT2D eigenvalue weighted by Gasteiger charge is -2.30. The highest BCUT2D eigenvalue weighted by Gasteiger charge is 2.39. The second-order valence-electron chi connectivity index (χ2n) is 21.0. The Morgan fingerprint density at radius 3 is 1.27 bits per heavy atom. The van der Waals surface area contributed by atoms with E-state index < -0.39 is 74.0 Å². The van der Waals surface area contributed by atoms with Gasteiger partial charge >= 0.3 is 36.6 Å². The summed E-state index contributed by atoms with van der Waals surface area (Å²) < 4.78 is 101. The van der Waals surface area contributed by atoms with Gasteiger partial charge in [0.25, 0.3) is 17.7 Å². The number of likely N-dealkylation sites (tertiary alicyclic amines) is 1. The van der Waals surface area contributed by atoms with Crippen molar-refractivity contribution in [2.75, 3.05) is 52.2 Å². The fourth-order valence-electron chi connectivity index (χ4n) is 10.6. The van der Waals surface area contributed by atoms with Crippen LogP contribution < -0.4 is 41.9 Å². The maximum absolute atomic E-state index is 14.2. The first kappa shape index (κ1) is 58.4. The first-order valence-electron chi connectivity index (χ1n) is 27.1. The summed E-state index contributed by atoms with van der Waals surface area (Å²) in [6.45, 7) is 4.01. The van der Waals surface area contributed by atoms with Crippen LogP contribution in [0.5, 0.6) is 17.2 Å². The van der Waals surface area contributed by atoms with E-state index in [4.69, 9.17) is 9.47 Å². The standard InChI is InChI=1S/C59H60N8O14S3/c1-3-60-54(68)32-45-13-7-4-10-42(45)26-41-18-21-50(67-37-57(71)63-84(67,78)79)53(31-41)81-59(73)34-47-15-9-6-12-44(47)28-40-17-20-49(66-36-56(70)62-83(66,76)77)52(30-40)80-51-29-39(16-19-48(51)65-35-55(69)61-82(65,74)75)27-43-11-5-8-14-46(43)33-58(72)64-24-22-38(2)23-25-64/h4-21,29-31,38H,3,22-28,32-37H2,1-2H3,(H,60,68)(H,61,69)(H,62,70)(H,63,71). The van der Waals surface area contributed by atoms with Crippen LogP contribution in [0.4, 0.5) is 17.1 Å². The zero-order valence-corrected chi connectivity index (χ0v) is 48.3.